The molecule has 2 heterocycles. The summed E-state index contributed by atoms with van der Waals surface area (Å²) in [5.74, 6) is 0.842. The minimum absolute atomic E-state index is 0.527. The number of aromatic nitrogens is 1. The van der Waals surface area contributed by atoms with E-state index < -0.39 is 0 Å². The summed E-state index contributed by atoms with van der Waals surface area (Å²) in [5.41, 5.74) is 1.39. The summed E-state index contributed by atoms with van der Waals surface area (Å²) in [7, 11) is 0. The summed E-state index contributed by atoms with van der Waals surface area (Å²) < 4.78 is 0. The van der Waals surface area contributed by atoms with Gasteiger partial charge in [0, 0.05) is 31.0 Å². The minimum Gasteiger partial charge on any atom is -0.314 e. The predicted molar refractivity (Wildman–Crippen MR) is 73.4 cm³/mol. The van der Waals surface area contributed by atoms with Gasteiger partial charge in [-0.1, -0.05) is 0 Å². The van der Waals surface area contributed by atoms with Gasteiger partial charge in [-0.15, -0.1) is 0 Å². The quantitative estimate of drug-likeness (QED) is 0.862. The van der Waals surface area contributed by atoms with Crippen molar-refractivity contribution in [2.24, 2.45) is 5.92 Å². The normalized spacial score (nSPS) is 26.4. The number of nitrogens with zero attached hydrogens (tertiary/aromatic N) is 2. The van der Waals surface area contributed by atoms with Crippen LogP contribution in [-0.4, -0.2) is 35.6 Å². The fourth-order valence-electron chi connectivity index (χ4n) is 2.85. The minimum atomic E-state index is 0.527. The molecule has 0 aromatic carbocycles. The molecule has 1 aliphatic heterocycles. The molecule has 1 saturated carbocycles. The van der Waals surface area contributed by atoms with Crippen molar-refractivity contribution in [3.63, 3.8) is 0 Å². The van der Waals surface area contributed by atoms with Gasteiger partial charge in [-0.2, -0.15) is 0 Å². The summed E-state index contributed by atoms with van der Waals surface area (Å²) in [4.78, 5) is 6.70. The van der Waals surface area contributed by atoms with E-state index in [0.29, 0.717) is 6.04 Å². The maximum Gasteiger partial charge on any atom is 0.0321 e. The second-order valence-electron chi connectivity index (χ2n) is 5.79. The zero-order valence-electron chi connectivity index (χ0n) is 11.2. The highest BCUT2D eigenvalue weighted by atomic mass is 15.2. The first-order chi connectivity index (χ1) is 8.83. The van der Waals surface area contributed by atoms with E-state index in [1.807, 2.05) is 12.4 Å². The fraction of sp³-hybridized carbons (Fsp3) is 0.667. The molecule has 18 heavy (non-hydrogen) atoms. The van der Waals surface area contributed by atoms with Gasteiger partial charge in [-0.3, -0.25) is 9.88 Å². The number of nitrogens with one attached hydrogen (secondary N) is 1. The van der Waals surface area contributed by atoms with Gasteiger partial charge in [-0.05, 0) is 62.9 Å². The van der Waals surface area contributed by atoms with Gasteiger partial charge >= 0.3 is 0 Å². The molecule has 3 nitrogen and oxygen atoms in total. The monoisotopic (exact) mass is 245 g/mol. The average molecular weight is 245 g/mol. The van der Waals surface area contributed by atoms with Crippen LogP contribution in [0, 0.1) is 5.92 Å². The van der Waals surface area contributed by atoms with Gasteiger partial charge in [0.05, 0.1) is 0 Å². The molecule has 2 fully saturated rings. The van der Waals surface area contributed by atoms with Crippen LogP contribution in [0.3, 0.4) is 0 Å². The molecule has 0 amide bonds. The Morgan fingerprint density at radius 2 is 2.11 bits per heavy atom. The number of rotatable bonds is 5. The van der Waals surface area contributed by atoms with Crippen LogP contribution in [0.15, 0.2) is 24.5 Å². The molecule has 2 aliphatic rings. The molecule has 2 atom stereocenters. The maximum atomic E-state index is 4.10. The van der Waals surface area contributed by atoms with E-state index in [0.717, 1.165) is 12.0 Å². The van der Waals surface area contributed by atoms with Crippen LogP contribution in [0.25, 0.3) is 0 Å². The zero-order valence-corrected chi connectivity index (χ0v) is 11.2. The second-order valence-corrected chi connectivity index (χ2v) is 5.79. The molecule has 0 spiro atoms. The lowest BCUT2D eigenvalue weighted by Crippen LogP contribution is -2.29. The van der Waals surface area contributed by atoms with Gasteiger partial charge in [0.2, 0.25) is 0 Å². The first-order valence-electron chi connectivity index (χ1n) is 7.20. The van der Waals surface area contributed by atoms with Crippen molar-refractivity contribution in [1.29, 1.82) is 0 Å². The Morgan fingerprint density at radius 3 is 2.83 bits per heavy atom. The van der Waals surface area contributed by atoms with Crippen LogP contribution in [0.4, 0.5) is 0 Å². The molecule has 2 unspecified atom stereocenters. The SMILES string of the molecule is CC(c1ccncc1)N1CCC(CNC2CC2)C1. The summed E-state index contributed by atoms with van der Waals surface area (Å²) in [6.45, 7) is 6.00. The molecule has 3 rings (SSSR count). The van der Waals surface area contributed by atoms with E-state index in [-0.39, 0.29) is 0 Å². The molecule has 1 saturated heterocycles. The molecular formula is C15H23N3. The van der Waals surface area contributed by atoms with E-state index in [4.69, 9.17) is 0 Å². The summed E-state index contributed by atoms with van der Waals surface area (Å²) in [6, 6.07) is 5.65. The number of hydrogen-bond acceptors (Lipinski definition) is 3. The molecule has 0 radical (unpaired) electrons. The van der Waals surface area contributed by atoms with Crippen LogP contribution >= 0.6 is 0 Å². The highest BCUT2D eigenvalue weighted by Crippen LogP contribution is 2.27. The zero-order chi connectivity index (χ0) is 12.4. The lowest BCUT2D eigenvalue weighted by Gasteiger charge is -2.24. The highest BCUT2D eigenvalue weighted by molar-refractivity contribution is 5.14. The standard InChI is InChI=1S/C15H23N3/c1-12(14-4-7-16-8-5-14)18-9-6-13(11-18)10-17-15-2-3-15/h4-5,7-8,12-13,15,17H,2-3,6,9-11H2,1H3. The van der Waals surface area contributed by atoms with Crippen molar-refractivity contribution >= 4 is 0 Å². The molecule has 98 valence electrons. The Balaban J connectivity index is 1.51. The van der Waals surface area contributed by atoms with Crippen LogP contribution < -0.4 is 5.32 Å². The predicted octanol–water partition coefficient (Wildman–Crippen LogP) is 2.22. The second kappa shape index (κ2) is 5.37. The average Bonchev–Trinajstić information content (AvgIpc) is 3.14. The van der Waals surface area contributed by atoms with E-state index >= 15 is 0 Å². The van der Waals surface area contributed by atoms with E-state index in [1.165, 1.54) is 44.5 Å². The van der Waals surface area contributed by atoms with Crippen molar-refractivity contribution in [3.05, 3.63) is 30.1 Å². The van der Waals surface area contributed by atoms with E-state index in [9.17, 15) is 0 Å². The number of likely N-dealkylation sites (tertiary alicyclic amines) is 1. The number of pyridine rings is 1. The molecule has 3 heteroatoms. The van der Waals surface area contributed by atoms with Crippen LogP contribution in [0.5, 0.6) is 0 Å². The van der Waals surface area contributed by atoms with Gasteiger partial charge in [0.15, 0.2) is 0 Å². The Kier molecular flexibility index (Phi) is 3.62. The Morgan fingerprint density at radius 1 is 1.33 bits per heavy atom. The fourth-order valence-corrected chi connectivity index (χ4v) is 2.85. The molecule has 1 aromatic heterocycles. The van der Waals surface area contributed by atoms with Crippen molar-refractivity contribution in [1.82, 2.24) is 15.2 Å². The summed E-state index contributed by atoms with van der Waals surface area (Å²) in [6.07, 6.45) is 7.92. The van der Waals surface area contributed by atoms with E-state index in [1.54, 1.807) is 0 Å². The largest absolute Gasteiger partial charge is 0.314 e. The van der Waals surface area contributed by atoms with Crippen LogP contribution in [0.2, 0.25) is 0 Å². The van der Waals surface area contributed by atoms with Gasteiger partial charge < -0.3 is 5.32 Å². The first-order valence-corrected chi connectivity index (χ1v) is 7.20. The third-order valence-electron chi connectivity index (χ3n) is 4.33. The Labute approximate surface area is 110 Å². The van der Waals surface area contributed by atoms with Crippen molar-refractivity contribution in [2.45, 2.75) is 38.3 Å². The van der Waals surface area contributed by atoms with Crippen LogP contribution in [0.1, 0.15) is 37.8 Å². The van der Waals surface area contributed by atoms with E-state index in [2.05, 4.69) is 34.3 Å². The van der Waals surface area contributed by atoms with Crippen LogP contribution in [-0.2, 0) is 0 Å². The third-order valence-corrected chi connectivity index (χ3v) is 4.33. The summed E-state index contributed by atoms with van der Waals surface area (Å²) >= 11 is 0. The van der Waals surface area contributed by atoms with Crippen molar-refractivity contribution in [2.75, 3.05) is 19.6 Å². The van der Waals surface area contributed by atoms with Gasteiger partial charge in [0.1, 0.15) is 0 Å². The van der Waals surface area contributed by atoms with Gasteiger partial charge in [0.25, 0.3) is 0 Å². The third kappa shape index (κ3) is 2.90. The maximum absolute atomic E-state index is 4.10. The first kappa shape index (κ1) is 12.1. The number of hydrogen-bond donors (Lipinski definition) is 1. The smallest absolute Gasteiger partial charge is 0.0321 e. The molecule has 1 N–H and O–H groups in total. The molecule has 1 aromatic rings. The lowest BCUT2D eigenvalue weighted by molar-refractivity contribution is 0.251. The highest BCUT2D eigenvalue weighted by Gasteiger charge is 2.28. The molecule has 0 bridgehead atoms. The Hall–Kier alpha value is -0.930. The summed E-state index contributed by atoms with van der Waals surface area (Å²) in [5, 5.41) is 3.66. The topological polar surface area (TPSA) is 28.2 Å². The van der Waals surface area contributed by atoms with Crippen molar-refractivity contribution in [3.8, 4) is 0 Å². The van der Waals surface area contributed by atoms with Crippen molar-refractivity contribution < 1.29 is 0 Å². The molecule has 1 aliphatic carbocycles. The lowest BCUT2D eigenvalue weighted by atomic mass is 10.1. The Bertz CT molecular complexity index is 375. The molecular weight excluding hydrogens is 222 g/mol. The van der Waals surface area contributed by atoms with Gasteiger partial charge in [-0.25, -0.2) is 0 Å².